The molecule has 7 heteroatoms. The maximum Gasteiger partial charge on any atom is 0.274 e. The third kappa shape index (κ3) is 3.37. The van der Waals surface area contributed by atoms with Gasteiger partial charge >= 0.3 is 0 Å². The Morgan fingerprint density at radius 1 is 1.55 bits per heavy atom. The van der Waals surface area contributed by atoms with E-state index >= 15 is 0 Å². The van der Waals surface area contributed by atoms with Gasteiger partial charge in [-0.2, -0.15) is 5.10 Å². The molecule has 1 atom stereocenters. The molecule has 118 valence electrons. The number of carbonyl (C=O) groups excluding carboxylic acids is 1. The fraction of sp³-hybridized carbons (Fsp3) is 0.467. The monoisotopic (exact) mass is 321 g/mol. The van der Waals surface area contributed by atoms with Crippen LogP contribution in [-0.4, -0.2) is 54.0 Å². The van der Waals surface area contributed by atoms with Crippen LogP contribution >= 0.6 is 11.3 Å². The Kier molecular flexibility index (Phi) is 4.87. The summed E-state index contributed by atoms with van der Waals surface area (Å²) in [4.78, 5) is 15.5. The Labute approximate surface area is 133 Å². The lowest BCUT2D eigenvalue weighted by atomic mass is 10.2. The van der Waals surface area contributed by atoms with Crippen LogP contribution in [0, 0.1) is 0 Å². The first kappa shape index (κ1) is 15.2. The molecule has 0 bridgehead atoms. The fourth-order valence-electron chi connectivity index (χ4n) is 2.43. The van der Waals surface area contributed by atoms with Gasteiger partial charge in [-0.15, -0.1) is 11.3 Å². The lowest BCUT2D eigenvalue weighted by Gasteiger charge is -2.32. The minimum atomic E-state index is -0.0407. The number of hydrogen-bond acceptors (Lipinski definition) is 5. The number of ether oxygens (including phenoxy) is 2. The molecule has 1 saturated heterocycles. The highest BCUT2D eigenvalue weighted by Crippen LogP contribution is 2.26. The number of carbonyl (C=O) groups is 1. The zero-order valence-corrected chi connectivity index (χ0v) is 13.3. The van der Waals surface area contributed by atoms with Crippen LogP contribution in [0.1, 0.15) is 21.5 Å². The minimum absolute atomic E-state index is 0.0340. The Morgan fingerprint density at radius 3 is 3.23 bits per heavy atom. The summed E-state index contributed by atoms with van der Waals surface area (Å²) < 4.78 is 12.5. The molecular weight excluding hydrogens is 302 g/mol. The van der Waals surface area contributed by atoms with Crippen LogP contribution in [0.25, 0.3) is 0 Å². The molecule has 0 N–H and O–H groups in total. The molecular formula is C15H19N3O3S. The van der Waals surface area contributed by atoms with Crippen molar-refractivity contribution in [2.24, 2.45) is 0 Å². The highest BCUT2D eigenvalue weighted by atomic mass is 32.1. The van der Waals surface area contributed by atoms with Crippen molar-refractivity contribution in [2.45, 2.75) is 12.6 Å². The summed E-state index contributed by atoms with van der Waals surface area (Å²) in [5, 5.41) is 6.34. The molecule has 0 radical (unpaired) electrons. The average Bonchev–Trinajstić information content (AvgIpc) is 3.24. The number of rotatable bonds is 5. The van der Waals surface area contributed by atoms with E-state index in [4.69, 9.17) is 9.47 Å². The van der Waals surface area contributed by atoms with Gasteiger partial charge in [0, 0.05) is 24.7 Å². The molecule has 0 aromatic carbocycles. The number of thiophene rings is 1. The van der Waals surface area contributed by atoms with Crippen molar-refractivity contribution < 1.29 is 14.3 Å². The number of amides is 1. The molecule has 0 spiro atoms. The van der Waals surface area contributed by atoms with Crippen molar-refractivity contribution in [2.75, 3.05) is 33.4 Å². The van der Waals surface area contributed by atoms with E-state index in [-0.39, 0.29) is 12.0 Å². The molecule has 0 unspecified atom stereocenters. The SMILES string of the molecule is COCCn1ccc(C(=O)N2CCO[C@H](c3cccs3)C2)n1. The highest BCUT2D eigenvalue weighted by Gasteiger charge is 2.27. The van der Waals surface area contributed by atoms with E-state index in [1.807, 2.05) is 28.6 Å². The summed E-state index contributed by atoms with van der Waals surface area (Å²) in [6, 6.07) is 5.80. The second-order valence-electron chi connectivity index (χ2n) is 5.08. The molecule has 1 fully saturated rings. The molecule has 1 aliphatic heterocycles. The molecule has 6 nitrogen and oxygen atoms in total. The van der Waals surface area contributed by atoms with Gasteiger partial charge in [-0.3, -0.25) is 9.48 Å². The Balaban J connectivity index is 1.65. The fourth-order valence-corrected chi connectivity index (χ4v) is 3.19. The van der Waals surface area contributed by atoms with E-state index < -0.39 is 0 Å². The summed E-state index contributed by atoms with van der Waals surface area (Å²) in [6.45, 7) is 2.95. The smallest absolute Gasteiger partial charge is 0.274 e. The van der Waals surface area contributed by atoms with Crippen LogP contribution in [0.5, 0.6) is 0 Å². The van der Waals surface area contributed by atoms with E-state index in [0.29, 0.717) is 38.5 Å². The normalized spacial score (nSPS) is 18.6. The molecule has 0 aliphatic carbocycles. The summed E-state index contributed by atoms with van der Waals surface area (Å²) in [5.74, 6) is -0.0407. The van der Waals surface area contributed by atoms with Gasteiger partial charge in [-0.1, -0.05) is 6.07 Å². The molecule has 2 aromatic rings. The first-order valence-electron chi connectivity index (χ1n) is 7.24. The summed E-state index contributed by atoms with van der Waals surface area (Å²) in [6.07, 6.45) is 1.77. The molecule has 1 amide bonds. The van der Waals surface area contributed by atoms with Crippen molar-refractivity contribution in [3.05, 3.63) is 40.3 Å². The number of aromatic nitrogens is 2. The lowest BCUT2D eigenvalue weighted by Crippen LogP contribution is -2.42. The average molecular weight is 321 g/mol. The number of morpholine rings is 1. The van der Waals surface area contributed by atoms with Crippen molar-refractivity contribution >= 4 is 17.2 Å². The lowest BCUT2D eigenvalue weighted by molar-refractivity contribution is -0.0214. The van der Waals surface area contributed by atoms with E-state index in [9.17, 15) is 4.79 Å². The van der Waals surface area contributed by atoms with Crippen LogP contribution in [0.2, 0.25) is 0 Å². The molecule has 2 aromatic heterocycles. The van der Waals surface area contributed by atoms with Crippen LogP contribution < -0.4 is 0 Å². The number of methoxy groups -OCH3 is 1. The minimum Gasteiger partial charge on any atom is -0.383 e. The predicted octanol–water partition coefficient (Wildman–Crippen LogP) is 1.80. The van der Waals surface area contributed by atoms with Crippen molar-refractivity contribution in [3.63, 3.8) is 0 Å². The Hall–Kier alpha value is -1.70. The first-order chi connectivity index (χ1) is 10.8. The van der Waals surface area contributed by atoms with Crippen LogP contribution in [0.3, 0.4) is 0 Å². The van der Waals surface area contributed by atoms with Crippen LogP contribution in [0.15, 0.2) is 29.8 Å². The maximum absolute atomic E-state index is 12.6. The third-order valence-corrected chi connectivity index (χ3v) is 4.56. The second-order valence-corrected chi connectivity index (χ2v) is 6.06. The molecule has 0 saturated carbocycles. The van der Waals surface area contributed by atoms with Gasteiger partial charge < -0.3 is 14.4 Å². The standard InChI is InChI=1S/C15H19N3O3S/c1-20-8-7-18-5-4-12(16-18)15(19)17-6-9-21-13(11-17)14-3-2-10-22-14/h2-5,10,13H,6-9,11H2,1H3/t13-/m0/s1. The van der Waals surface area contributed by atoms with Crippen molar-refractivity contribution in [1.29, 1.82) is 0 Å². The highest BCUT2D eigenvalue weighted by molar-refractivity contribution is 7.10. The van der Waals surface area contributed by atoms with Crippen molar-refractivity contribution in [1.82, 2.24) is 14.7 Å². The number of nitrogens with zero attached hydrogens (tertiary/aromatic N) is 3. The van der Waals surface area contributed by atoms with Gasteiger partial charge in [0.2, 0.25) is 0 Å². The summed E-state index contributed by atoms with van der Waals surface area (Å²) in [5.41, 5.74) is 0.475. The van der Waals surface area contributed by atoms with E-state index in [2.05, 4.69) is 5.10 Å². The Bertz CT molecular complexity index is 611. The van der Waals surface area contributed by atoms with Gasteiger partial charge in [0.05, 0.1) is 26.3 Å². The topological polar surface area (TPSA) is 56.6 Å². The predicted molar refractivity (Wildman–Crippen MR) is 83.0 cm³/mol. The second kappa shape index (κ2) is 7.04. The third-order valence-electron chi connectivity index (χ3n) is 3.60. The largest absolute Gasteiger partial charge is 0.383 e. The van der Waals surface area contributed by atoms with E-state index in [1.165, 1.54) is 0 Å². The summed E-state index contributed by atoms with van der Waals surface area (Å²) >= 11 is 1.66. The zero-order chi connectivity index (χ0) is 15.4. The zero-order valence-electron chi connectivity index (χ0n) is 12.5. The quantitative estimate of drug-likeness (QED) is 0.843. The number of hydrogen-bond donors (Lipinski definition) is 0. The summed E-state index contributed by atoms with van der Waals surface area (Å²) in [7, 11) is 1.65. The van der Waals surface area contributed by atoms with E-state index in [1.54, 1.807) is 29.2 Å². The van der Waals surface area contributed by atoms with Gasteiger partial charge in [-0.05, 0) is 17.5 Å². The molecule has 22 heavy (non-hydrogen) atoms. The van der Waals surface area contributed by atoms with Crippen LogP contribution in [-0.2, 0) is 16.0 Å². The van der Waals surface area contributed by atoms with Crippen molar-refractivity contribution in [3.8, 4) is 0 Å². The molecule has 3 heterocycles. The van der Waals surface area contributed by atoms with Gasteiger partial charge in [0.1, 0.15) is 11.8 Å². The Morgan fingerprint density at radius 2 is 2.45 bits per heavy atom. The van der Waals surface area contributed by atoms with Gasteiger partial charge in [0.15, 0.2) is 0 Å². The first-order valence-corrected chi connectivity index (χ1v) is 8.12. The molecule has 3 rings (SSSR count). The van der Waals surface area contributed by atoms with Gasteiger partial charge in [0.25, 0.3) is 5.91 Å². The maximum atomic E-state index is 12.6. The van der Waals surface area contributed by atoms with Gasteiger partial charge in [-0.25, -0.2) is 0 Å². The molecule has 1 aliphatic rings. The van der Waals surface area contributed by atoms with E-state index in [0.717, 1.165) is 4.88 Å². The van der Waals surface area contributed by atoms with Crippen LogP contribution in [0.4, 0.5) is 0 Å².